The number of carbonyl (C=O) groups excluding carboxylic acids is 1. The molecule has 1 aromatic rings. The van der Waals surface area contributed by atoms with E-state index in [1.807, 2.05) is 13.8 Å². The number of carbonyl (C=O) groups is 1. The van der Waals surface area contributed by atoms with Gasteiger partial charge in [-0.1, -0.05) is 13.8 Å². The predicted molar refractivity (Wildman–Crippen MR) is 72.1 cm³/mol. The molecule has 96 valence electrons. The second kappa shape index (κ2) is 5.78. The SMILES string of the molecule is CC(C)CC(N)C(=O)c1c(Br)cnn1C(C)C. The zero-order valence-electron chi connectivity index (χ0n) is 10.8. The molecule has 0 amide bonds. The molecule has 0 spiro atoms. The molecule has 1 aromatic heterocycles. The van der Waals surface area contributed by atoms with Crippen LogP contribution in [0.2, 0.25) is 0 Å². The summed E-state index contributed by atoms with van der Waals surface area (Å²) in [4.78, 5) is 12.3. The third kappa shape index (κ3) is 3.39. The second-order valence-corrected chi connectivity index (χ2v) is 5.83. The first kappa shape index (κ1) is 14.4. The van der Waals surface area contributed by atoms with Gasteiger partial charge in [0.15, 0.2) is 5.78 Å². The molecule has 4 nitrogen and oxygen atoms in total. The van der Waals surface area contributed by atoms with E-state index in [0.29, 0.717) is 18.0 Å². The Hall–Kier alpha value is -0.680. The van der Waals surface area contributed by atoms with Crippen LogP contribution in [0.1, 0.15) is 50.6 Å². The van der Waals surface area contributed by atoms with Crippen molar-refractivity contribution in [1.82, 2.24) is 9.78 Å². The van der Waals surface area contributed by atoms with Crippen LogP contribution >= 0.6 is 15.9 Å². The zero-order valence-corrected chi connectivity index (χ0v) is 12.4. The summed E-state index contributed by atoms with van der Waals surface area (Å²) >= 11 is 3.36. The molecule has 0 saturated heterocycles. The van der Waals surface area contributed by atoms with Gasteiger partial charge in [0.05, 0.1) is 16.7 Å². The van der Waals surface area contributed by atoms with E-state index >= 15 is 0 Å². The summed E-state index contributed by atoms with van der Waals surface area (Å²) in [6.45, 7) is 8.10. The third-order valence-electron chi connectivity index (χ3n) is 2.54. The van der Waals surface area contributed by atoms with Gasteiger partial charge in [-0.2, -0.15) is 5.10 Å². The number of rotatable bonds is 5. The van der Waals surface area contributed by atoms with Gasteiger partial charge in [-0.3, -0.25) is 9.48 Å². The van der Waals surface area contributed by atoms with Gasteiger partial charge in [-0.15, -0.1) is 0 Å². The number of ketones is 1. The summed E-state index contributed by atoms with van der Waals surface area (Å²) in [6, 6.07) is -0.313. The Labute approximate surface area is 111 Å². The number of hydrogen-bond acceptors (Lipinski definition) is 3. The van der Waals surface area contributed by atoms with Crippen LogP contribution in [0, 0.1) is 5.92 Å². The van der Waals surface area contributed by atoms with Crippen LogP contribution in [0.15, 0.2) is 10.7 Å². The Kier molecular flexibility index (Phi) is 4.89. The lowest BCUT2D eigenvalue weighted by Gasteiger charge is -2.16. The van der Waals surface area contributed by atoms with Gasteiger partial charge in [0.25, 0.3) is 0 Å². The summed E-state index contributed by atoms with van der Waals surface area (Å²) in [7, 11) is 0. The fraction of sp³-hybridized carbons (Fsp3) is 0.667. The number of nitrogens with two attached hydrogens (primary N) is 1. The lowest BCUT2D eigenvalue weighted by atomic mass is 9.99. The van der Waals surface area contributed by atoms with Crippen LogP contribution in [0.5, 0.6) is 0 Å². The smallest absolute Gasteiger partial charge is 0.198 e. The second-order valence-electron chi connectivity index (χ2n) is 4.98. The third-order valence-corrected chi connectivity index (χ3v) is 3.12. The Morgan fingerprint density at radius 2 is 2.06 bits per heavy atom. The van der Waals surface area contributed by atoms with Crippen molar-refractivity contribution in [2.24, 2.45) is 11.7 Å². The highest BCUT2D eigenvalue weighted by Crippen LogP contribution is 2.22. The Morgan fingerprint density at radius 1 is 1.47 bits per heavy atom. The minimum atomic E-state index is -0.458. The van der Waals surface area contributed by atoms with Crippen LogP contribution in [-0.4, -0.2) is 21.6 Å². The summed E-state index contributed by atoms with van der Waals surface area (Å²) in [5, 5.41) is 4.19. The van der Waals surface area contributed by atoms with Crippen LogP contribution in [0.3, 0.4) is 0 Å². The van der Waals surface area contributed by atoms with Crippen LogP contribution in [0.25, 0.3) is 0 Å². The number of nitrogens with zero attached hydrogens (tertiary/aromatic N) is 2. The van der Waals surface area contributed by atoms with E-state index in [1.165, 1.54) is 0 Å². The van der Waals surface area contributed by atoms with E-state index in [0.717, 1.165) is 4.47 Å². The molecule has 17 heavy (non-hydrogen) atoms. The van der Waals surface area contributed by atoms with Crippen LogP contribution in [-0.2, 0) is 0 Å². The first-order chi connectivity index (χ1) is 7.84. The lowest BCUT2D eigenvalue weighted by molar-refractivity contribution is 0.0937. The zero-order chi connectivity index (χ0) is 13.2. The normalized spacial score (nSPS) is 13.4. The van der Waals surface area contributed by atoms with Crippen LogP contribution < -0.4 is 5.73 Å². The van der Waals surface area contributed by atoms with Gasteiger partial charge in [0.1, 0.15) is 5.69 Å². The standard InChI is InChI=1S/C12H20BrN3O/c1-7(2)5-10(14)12(17)11-9(13)6-15-16(11)8(3)4/h6-8,10H,5,14H2,1-4H3. The first-order valence-electron chi connectivity index (χ1n) is 5.87. The molecule has 0 aliphatic heterocycles. The maximum absolute atomic E-state index is 12.3. The molecule has 1 heterocycles. The molecule has 0 aromatic carbocycles. The Morgan fingerprint density at radius 3 is 2.53 bits per heavy atom. The quantitative estimate of drug-likeness (QED) is 0.851. The maximum atomic E-state index is 12.3. The number of halogens is 1. The molecule has 1 atom stereocenters. The highest BCUT2D eigenvalue weighted by molar-refractivity contribution is 9.10. The van der Waals surface area contributed by atoms with Crippen molar-refractivity contribution in [2.45, 2.75) is 46.2 Å². The van der Waals surface area contributed by atoms with Crippen LogP contribution in [0.4, 0.5) is 0 Å². The van der Waals surface area contributed by atoms with E-state index in [-0.39, 0.29) is 11.8 Å². The molecule has 0 aliphatic carbocycles. The van der Waals surface area contributed by atoms with Gasteiger partial charge in [-0.05, 0) is 42.1 Å². The van der Waals surface area contributed by atoms with Gasteiger partial charge >= 0.3 is 0 Å². The monoisotopic (exact) mass is 301 g/mol. The van der Waals surface area contributed by atoms with Gasteiger partial charge < -0.3 is 5.73 Å². The van der Waals surface area contributed by atoms with Crippen molar-refractivity contribution < 1.29 is 4.79 Å². The van der Waals surface area contributed by atoms with E-state index in [2.05, 4.69) is 34.9 Å². The van der Waals surface area contributed by atoms with Crippen molar-refractivity contribution in [2.75, 3.05) is 0 Å². The molecule has 0 radical (unpaired) electrons. The summed E-state index contributed by atoms with van der Waals surface area (Å²) < 4.78 is 2.43. The van der Waals surface area contributed by atoms with Crippen molar-refractivity contribution in [3.63, 3.8) is 0 Å². The average Bonchev–Trinajstić information content (AvgIpc) is 2.58. The molecule has 0 bridgehead atoms. The summed E-state index contributed by atoms with van der Waals surface area (Å²) in [5.41, 5.74) is 6.51. The highest BCUT2D eigenvalue weighted by Gasteiger charge is 2.24. The molecule has 0 saturated carbocycles. The molecule has 2 N–H and O–H groups in total. The Balaban J connectivity index is 2.99. The van der Waals surface area contributed by atoms with Crippen molar-refractivity contribution in [3.05, 3.63) is 16.4 Å². The fourth-order valence-corrected chi connectivity index (χ4v) is 2.22. The summed E-state index contributed by atoms with van der Waals surface area (Å²) in [6.07, 6.45) is 2.34. The predicted octanol–water partition coefficient (Wildman–Crippen LogP) is 2.78. The minimum Gasteiger partial charge on any atom is -0.321 e. The Bertz CT molecular complexity index is 398. The number of hydrogen-bond donors (Lipinski definition) is 1. The maximum Gasteiger partial charge on any atom is 0.198 e. The molecule has 1 unspecified atom stereocenters. The van der Waals surface area contributed by atoms with Crippen molar-refractivity contribution >= 4 is 21.7 Å². The number of aromatic nitrogens is 2. The van der Waals surface area contributed by atoms with Crippen molar-refractivity contribution in [1.29, 1.82) is 0 Å². The molecule has 0 fully saturated rings. The molecule has 0 aliphatic rings. The van der Waals surface area contributed by atoms with E-state index in [1.54, 1.807) is 10.9 Å². The molecule has 1 rings (SSSR count). The summed E-state index contributed by atoms with van der Waals surface area (Å²) in [5.74, 6) is 0.361. The average molecular weight is 302 g/mol. The lowest BCUT2D eigenvalue weighted by Crippen LogP contribution is -2.34. The van der Waals surface area contributed by atoms with Gasteiger partial charge in [0.2, 0.25) is 0 Å². The van der Waals surface area contributed by atoms with E-state index in [4.69, 9.17) is 5.73 Å². The van der Waals surface area contributed by atoms with E-state index in [9.17, 15) is 4.79 Å². The first-order valence-corrected chi connectivity index (χ1v) is 6.66. The molecular formula is C12H20BrN3O. The van der Waals surface area contributed by atoms with Gasteiger partial charge in [-0.25, -0.2) is 0 Å². The molecule has 5 heteroatoms. The van der Waals surface area contributed by atoms with Gasteiger partial charge in [0, 0.05) is 6.04 Å². The minimum absolute atomic E-state index is 0.0447. The van der Waals surface area contributed by atoms with E-state index < -0.39 is 6.04 Å². The largest absolute Gasteiger partial charge is 0.321 e. The fourth-order valence-electron chi connectivity index (χ4n) is 1.75. The molecular weight excluding hydrogens is 282 g/mol. The van der Waals surface area contributed by atoms with Crippen molar-refractivity contribution in [3.8, 4) is 0 Å². The number of Topliss-reactive ketones (excluding diaryl/α,β-unsaturated/α-hetero) is 1. The topological polar surface area (TPSA) is 60.9 Å². The highest BCUT2D eigenvalue weighted by atomic mass is 79.9.